The highest BCUT2D eigenvalue weighted by atomic mass is 16.5. The van der Waals surface area contributed by atoms with Crippen LogP contribution in [0.5, 0.6) is 0 Å². The molecule has 96 valence electrons. The predicted octanol–water partition coefficient (Wildman–Crippen LogP) is 1.11. The predicted molar refractivity (Wildman–Crippen MR) is 65.7 cm³/mol. The molecule has 0 bridgehead atoms. The molecule has 0 unspecified atom stereocenters. The van der Waals surface area contributed by atoms with Crippen LogP contribution in [-0.4, -0.2) is 22.2 Å². The fraction of sp³-hybridized carbons (Fsp3) is 0.364. The molecule has 0 aromatic carbocycles. The molecule has 0 aliphatic heterocycles. The molecule has 0 radical (unpaired) electrons. The first-order valence-corrected chi connectivity index (χ1v) is 5.46. The van der Waals surface area contributed by atoms with Gasteiger partial charge < -0.3 is 20.3 Å². The second kappa shape index (κ2) is 5.46. The molecule has 0 atom stereocenters. The summed E-state index contributed by atoms with van der Waals surface area (Å²) >= 11 is 0. The average molecular weight is 249 g/mol. The third-order valence-electron chi connectivity index (χ3n) is 2.19. The third kappa shape index (κ3) is 3.17. The lowest BCUT2D eigenvalue weighted by atomic mass is 10.4. The first kappa shape index (κ1) is 12.3. The first-order chi connectivity index (χ1) is 8.67. The van der Waals surface area contributed by atoms with E-state index in [1.807, 2.05) is 13.0 Å². The molecule has 7 nitrogen and oxygen atoms in total. The maximum atomic E-state index is 5.68. The van der Waals surface area contributed by atoms with Crippen molar-refractivity contribution in [3.63, 3.8) is 0 Å². The first-order valence-electron chi connectivity index (χ1n) is 5.46. The number of hydrogen-bond acceptors (Lipinski definition) is 7. The van der Waals surface area contributed by atoms with Crippen LogP contribution in [-0.2, 0) is 17.9 Å². The zero-order valence-electron chi connectivity index (χ0n) is 10.3. The van der Waals surface area contributed by atoms with Gasteiger partial charge in [0.1, 0.15) is 18.2 Å². The monoisotopic (exact) mass is 249 g/mol. The largest absolute Gasteiger partial charge is 0.384 e. The minimum Gasteiger partial charge on any atom is -0.384 e. The number of ether oxygens (including phenoxy) is 1. The molecule has 3 N–H and O–H groups in total. The molecule has 2 aromatic heterocycles. The zero-order valence-corrected chi connectivity index (χ0v) is 10.3. The molecule has 2 aromatic rings. The minimum absolute atomic E-state index is 0.321. The van der Waals surface area contributed by atoms with Crippen molar-refractivity contribution in [1.29, 1.82) is 0 Å². The molecule has 0 amide bonds. The van der Waals surface area contributed by atoms with Gasteiger partial charge in [-0.25, -0.2) is 9.97 Å². The number of nitrogens with zero attached hydrogens (tertiary/aromatic N) is 3. The molecule has 2 rings (SSSR count). The quantitative estimate of drug-likeness (QED) is 0.818. The number of rotatable bonds is 5. The number of aryl methyl sites for hydroxylation is 1. The van der Waals surface area contributed by atoms with E-state index >= 15 is 0 Å². The lowest BCUT2D eigenvalue weighted by Crippen LogP contribution is -2.06. The molecular formula is C11H15N5O2. The highest BCUT2D eigenvalue weighted by Crippen LogP contribution is 2.11. The normalized spacial score (nSPS) is 10.6. The maximum Gasteiger partial charge on any atom is 0.158 e. The summed E-state index contributed by atoms with van der Waals surface area (Å²) in [6.45, 7) is 2.68. The fourth-order valence-corrected chi connectivity index (χ4v) is 1.48. The lowest BCUT2D eigenvalue weighted by Gasteiger charge is -2.06. The smallest absolute Gasteiger partial charge is 0.158 e. The Labute approximate surface area is 104 Å². The second-order valence-electron chi connectivity index (χ2n) is 3.82. The standard InChI is InChI=1S/C11H15N5O2/c1-7-3-8(18-16-7)5-13-10-4-9(12)14-11(15-10)6-17-2/h3-4H,5-6H2,1-2H3,(H3,12,13,14,15). The summed E-state index contributed by atoms with van der Waals surface area (Å²) in [6, 6.07) is 3.51. The van der Waals surface area contributed by atoms with E-state index in [0.717, 1.165) is 11.5 Å². The molecule has 0 spiro atoms. The SMILES string of the molecule is COCc1nc(N)cc(NCc2cc(C)no2)n1. The van der Waals surface area contributed by atoms with Crippen LogP contribution in [0.1, 0.15) is 17.3 Å². The molecule has 2 heterocycles. The van der Waals surface area contributed by atoms with Gasteiger partial charge in [0.25, 0.3) is 0 Å². The molecule has 0 saturated heterocycles. The molecule has 18 heavy (non-hydrogen) atoms. The summed E-state index contributed by atoms with van der Waals surface area (Å²) in [4.78, 5) is 8.30. The van der Waals surface area contributed by atoms with E-state index in [9.17, 15) is 0 Å². The highest BCUT2D eigenvalue weighted by molar-refractivity contribution is 5.44. The van der Waals surface area contributed by atoms with E-state index in [1.54, 1.807) is 13.2 Å². The van der Waals surface area contributed by atoms with Gasteiger partial charge in [0.2, 0.25) is 0 Å². The summed E-state index contributed by atoms with van der Waals surface area (Å²) in [5, 5.41) is 6.89. The van der Waals surface area contributed by atoms with Gasteiger partial charge in [-0.05, 0) is 6.92 Å². The van der Waals surface area contributed by atoms with Gasteiger partial charge in [0.05, 0.1) is 12.2 Å². The number of anilines is 2. The number of methoxy groups -OCH3 is 1. The average Bonchev–Trinajstić information content (AvgIpc) is 2.72. The van der Waals surface area contributed by atoms with Crippen LogP contribution in [0.2, 0.25) is 0 Å². The number of nitrogen functional groups attached to an aromatic ring is 1. The van der Waals surface area contributed by atoms with Crippen molar-refractivity contribution in [2.75, 3.05) is 18.2 Å². The van der Waals surface area contributed by atoms with E-state index < -0.39 is 0 Å². The van der Waals surface area contributed by atoms with Crippen molar-refractivity contribution in [2.45, 2.75) is 20.1 Å². The van der Waals surface area contributed by atoms with Gasteiger partial charge in [0.15, 0.2) is 11.6 Å². The van der Waals surface area contributed by atoms with Gasteiger partial charge in [0, 0.05) is 19.2 Å². The Morgan fingerprint density at radius 1 is 1.39 bits per heavy atom. The van der Waals surface area contributed by atoms with Crippen LogP contribution < -0.4 is 11.1 Å². The van der Waals surface area contributed by atoms with E-state index in [2.05, 4.69) is 20.4 Å². The Bertz CT molecular complexity index is 526. The Kier molecular flexibility index (Phi) is 3.73. The Hall–Kier alpha value is -2.15. The fourth-order valence-electron chi connectivity index (χ4n) is 1.48. The number of nitrogens with one attached hydrogen (secondary N) is 1. The molecule has 7 heteroatoms. The summed E-state index contributed by atoms with van der Waals surface area (Å²) in [6.07, 6.45) is 0. The Morgan fingerprint density at radius 2 is 2.22 bits per heavy atom. The topological polar surface area (TPSA) is 99.1 Å². The van der Waals surface area contributed by atoms with Crippen LogP contribution in [0.4, 0.5) is 11.6 Å². The number of hydrogen-bond donors (Lipinski definition) is 2. The van der Waals surface area contributed by atoms with Crippen LogP contribution in [0.25, 0.3) is 0 Å². The van der Waals surface area contributed by atoms with Gasteiger partial charge in [-0.15, -0.1) is 0 Å². The summed E-state index contributed by atoms with van der Waals surface area (Å²) < 4.78 is 10.0. The molecule has 0 aliphatic rings. The molecule has 0 aliphatic carbocycles. The highest BCUT2D eigenvalue weighted by Gasteiger charge is 2.04. The van der Waals surface area contributed by atoms with Crippen LogP contribution >= 0.6 is 0 Å². The summed E-state index contributed by atoms with van der Waals surface area (Å²) in [7, 11) is 1.58. The minimum atomic E-state index is 0.321. The number of aromatic nitrogens is 3. The van der Waals surface area contributed by atoms with Gasteiger partial charge in [-0.1, -0.05) is 5.16 Å². The van der Waals surface area contributed by atoms with Gasteiger partial charge in [-0.2, -0.15) is 0 Å². The van der Waals surface area contributed by atoms with Gasteiger partial charge in [-0.3, -0.25) is 0 Å². The van der Waals surface area contributed by atoms with E-state index in [-0.39, 0.29) is 0 Å². The van der Waals surface area contributed by atoms with Crippen LogP contribution in [0.15, 0.2) is 16.7 Å². The van der Waals surface area contributed by atoms with E-state index in [4.69, 9.17) is 15.0 Å². The third-order valence-corrected chi connectivity index (χ3v) is 2.19. The van der Waals surface area contributed by atoms with Crippen molar-refractivity contribution >= 4 is 11.6 Å². The summed E-state index contributed by atoms with van der Waals surface area (Å²) in [5.41, 5.74) is 6.52. The van der Waals surface area contributed by atoms with E-state index in [0.29, 0.717) is 30.6 Å². The molecule has 0 saturated carbocycles. The maximum absolute atomic E-state index is 5.68. The van der Waals surface area contributed by atoms with Crippen molar-refractivity contribution in [2.24, 2.45) is 0 Å². The number of nitrogens with two attached hydrogens (primary N) is 1. The van der Waals surface area contributed by atoms with Crippen molar-refractivity contribution in [3.8, 4) is 0 Å². The second-order valence-corrected chi connectivity index (χ2v) is 3.82. The van der Waals surface area contributed by atoms with Gasteiger partial charge >= 0.3 is 0 Å². The van der Waals surface area contributed by atoms with Crippen molar-refractivity contribution < 1.29 is 9.26 Å². The zero-order chi connectivity index (χ0) is 13.0. The molecular weight excluding hydrogens is 234 g/mol. The Balaban J connectivity index is 2.04. The van der Waals surface area contributed by atoms with E-state index in [1.165, 1.54) is 0 Å². The molecule has 0 fully saturated rings. The van der Waals surface area contributed by atoms with Crippen molar-refractivity contribution in [1.82, 2.24) is 15.1 Å². The lowest BCUT2D eigenvalue weighted by molar-refractivity contribution is 0.178. The van der Waals surface area contributed by atoms with Crippen LogP contribution in [0.3, 0.4) is 0 Å². The van der Waals surface area contributed by atoms with Crippen LogP contribution in [0, 0.1) is 6.92 Å². The summed E-state index contributed by atoms with van der Waals surface area (Å²) in [5.74, 6) is 2.30. The van der Waals surface area contributed by atoms with Crippen molar-refractivity contribution in [3.05, 3.63) is 29.4 Å². The Morgan fingerprint density at radius 3 is 2.89 bits per heavy atom.